The Balaban J connectivity index is 2.05. The fourth-order valence-corrected chi connectivity index (χ4v) is 2.72. The highest BCUT2D eigenvalue weighted by Gasteiger charge is 2.28. The van der Waals surface area contributed by atoms with Gasteiger partial charge in [-0.05, 0) is 31.2 Å². The van der Waals surface area contributed by atoms with Crippen molar-refractivity contribution in [2.75, 3.05) is 18.5 Å². The first-order chi connectivity index (χ1) is 10.1. The molecule has 0 saturated carbocycles. The third-order valence-electron chi connectivity index (χ3n) is 3.82. The lowest BCUT2D eigenvalue weighted by molar-refractivity contribution is 0.0539. The molecule has 1 aliphatic rings. The summed E-state index contributed by atoms with van der Waals surface area (Å²) in [5.74, 6) is -0.410. The maximum absolute atomic E-state index is 11.3. The molecule has 1 atom stereocenters. The lowest BCUT2D eigenvalue weighted by atomic mass is 9.94. The van der Waals surface area contributed by atoms with Crippen LogP contribution >= 0.6 is 0 Å². The van der Waals surface area contributed by atoms with Crippen LogP contribution in [0.4, 0.5) is 5.82 Å². The van der Waals surface area contributed by atoms with Gasteiger partial charge < -0.3 is 15.2 Å². The second-order valence-corrected chi connectivity index (χ2v) is 5.72. The maximum atomic E-state index is 11.3. The van der Waals surface area contributed by atoms with Crippen LogP contribution in [-0.2, 0) is 4.74 Å². The quantitative estimate of drug-likeness (QED) is 0.907. The summed E-state index contributed by atoms with van der Waals surface area (Å²) in [5, 5.41) is 14.4. The van der Waals surface area contributed by atoms with Gasteiger partial charge in [0.05, 0.1) is 12.1 Å². The SMILES string of the molecule is CC1(Nc2nc(C(=O)O)cc3ccccc23)CCCOC1. The van der Waals surface area contributed by atoms with Crippen LogP contribution in [-0.4, -0.2) is 34.8 Å². The van der Waals surface area contributed by atoms with Gasteiger partial charge in [-0.3, -0.25) is 0 Å². The molecule has 2 heterocycles. The predicted molar refractivity (Wildman–Crippen MR) is 80.8 cm³/mol. The highest BCUT2D eigenvalue weighted by molar-refractivity contribution is 5.97. The average Bonchev–Trinajstić information content (AvgIpc) is 2.47. The number of carboxylic acid groups (broad SMARTS) is 1. The minimum Gasteiger partial charge on any atom is -0.477 e. The van der Waals surface area contributed by atoms with Crippen LogP contribution in [0.3, 0.4) is 0 Å². The molecule has 5 heteroatoms. The molecule has 1 fully saturated rings. The van der Waals surface area contributed by atoms with E-state index in [4.69, 9.17) is 4.74 Å². The zero-order valence-electron chi connectivity index (χ0n) is 11.9. The van der Waals surface area contributed by atoms with Gasteiger partial charge in [-0.2, -0.15) is 0 Å². The van der Waals surface area contributed by atoms with Crippen molar-refractivity contribution < 1.29 is 14.6 Å². The molecule has 0 amide bonds. The Morgan fingerprint density at radius 2 is 2.24 bits per heavy atom. The first-order valence-electron chi connectivity index (χ1n) is 7.06. The molecule has 1 aromatic heterocycles. The number of pyridine rings is 1. The van der Waals surface area contributed by atoms with E-state index in [1.54, 1.807) is 6.07 Å². The summed E-state index contributed by atoms with van der Waals surface area (Å²) < 4.78 is 5.54. The van der Waals surface area contributed by atoms with E-state index in [0.717, 1.165) is 30.2 Å². The number of nitrogens with one attached hydrogen (secondary N) is 1. The summed E-state index contributed by atoms with van der Waals surface area (Å²) in [6.07, 6.45) is 1.96. The number of carbonyl (C=O) groups is 1. The van der Waals surface area contributed by atoms with E-state index in [9.17, 15) is 9.90 Å². The number of aromatic carboxylic acids is 1. The highest BCUT2D eigenvalue weighted by atomic mass is 16.5. The Bertz CT molecular complexity index is 678. The number of fused-ring (bicyclic) bond motifs is 1. The van der Waals surface area contributed by atoms with Gasteiger partial charge in [-0.1, -0.05) is 24.3 Å². The second kappa shape index (κ2) is 5.33. The van der Waals surface area contributed by atoms with Gasteiger partial charge in [0.15, 0.2) is 5.69 Å². The summed E-state index contributed by atoms with van der Waals surface area (Å²) in [4.78, 5) is 15.5. The molecule has 2 N–H and O–H groups in total. The van der Waals surface area contributed by atoms with Crippen molar-refractivity contribution in [1.82, 2.24) is 4.98 Å². The highest BCUT2D eigenvalue weighted by Crippen LogP contribution is 2.28. The molecule has 110 valence electrons. The minimum atomic E-state index is -1.02. The van der Waals surface area contributed by atoms with Crippen LogP contribution in [0.1, 0.15) is 30.3 Å². The van der Waals surface area contributed by atoms with Crippen molar-refractivity contribution in [3.05, 3.63) is 36.0 Å². The summed E-state index contributed by atoms with van der Waals surface area (Å²) in [7, 11) is 0. The van der Waals surface area contributed by atoms with Crippen molar-refractivity contribution in [3.63, 3.8) is 0 Å². The molecule has 1 saturated heterocycles. The van der Waals surface area contributed by atoms with Gasteiger partial charge >= 0.3 is 5.97 Å². The van der Waals surface area contributed by atoms with Crippen LogP contribution in [0.25, 0.3) is 10.8 Å². The van der Waals surface area contributed by atoms with E-state index in [1.807, 2.05) is 24.3 Å². The Morgan fingerprint density at radius 1 is 1.43 bits per heavy atom. The molecular formula is C16H18N2O3. The van der Waals surface area contributed by atoms with E-state index in [2.05, 4.69) is 17.2 Å². The van der Waals surface area contributed by atoms with Crippen LogP contribution < -0.4 is 5.32 Å². The molecular weight excluding hydrogens is 268 g/mol. The molecule has 3 rings (SSSR count). The number of ether oxygens (including phenoxy) is 1. The zero-order valence-corrected chi connectivity index (χ0v) is 11.9. The monoisotopic (exact) mass is 286 g/mol. The van der Waals surface area contributed by atoms with Crippen LogP contribution in [0.5, 0.6) is 0 Å². The molecule has 0 aliphatic carbocycles. The topological polar surface area (TPSA) is 71.5 Å². The second-order valence-electron chi connectivity index (χ2n) is 5.72. The zero-order chi connectivity index (χ0) is 14.9. The molecule has 1 aromatic carbocycles. The summed E-state index contributed by atoms with van der Waals surface area (Å²) in [5.41, 5.74) is -0.165. The fourth-order valence-electron chi connectivity index (χ4n) is 2.72. The van der Waals surface area contributed by atoms with Gasteiger partial charge in [0, 0.05) is 12.0 Å². The first-order valence-corrected chi connectivity index (χ1v) is 7.06. The van der Waals surface area contributed by atoms with Crippen LogP contribution in [0, 0.1) is 0 Å². The third-order valence-corrected chi connectivity index (χ3v) is 3.82. The lowest BCUT2D eigenvalue weighted by Gasteiger charge is -2.35. The van der Waals surface area contributed by atoms with Crippen LogP contribution in [0.15, 0.2) is 30.3 Å². The lowest BCUT2D eigenvalue weighted by Crippen LogP contribution is -2.43. The number of rotatable bonds is 3. The standard InChI is InChI=1S/C16H18N2O3/c1-16(7-4-8-21-10-16)18-14-12-6-3-2-5-11(12)9-13(17-14)15(19)20/h2-3,5-6,9H,4,7-8,10H2,1H3,(H,17,18)(H,19,20). The molecule has 21 heavy (non-hydrogen) atoms. The fraction of sp³-hybridized carbons (Fsp3) is 0.375. The summed E-state index contributed by atoms with van der Waals surface area (Å²) in [6.45, 7) is 3.46. The Kier molecular flexibility index (Phi) is 3.51. The number of hydrogen-bond acceptors (Lipinski definition) is 4. The van der Waals surface area contributed by atoms with Crippen molar-refractivity contribution >= 4 is 22.6 Å². The largest absolute Gasteiger partial charge is 0.477 e. The van der Waals surface area contributed by atoms with E-state index >= 15 is 0 Å². The normalized spacial score (nSPS) is 22.1. The molecule has 0 radical (unpaired) electrons. The first kappa shape index (κ1) is 13.8. The van der Waals surface area contributed by atoms with E-state index in [-0.39, 0.29) is 11.2 Å². The van der Waals surface area contributed by atoms with Gasteiger partial charge in [0.25, 0.3) is 0 Å². The Hall–Kier alpha value is -2.14. The van der Waals surface area contributed by atoms with E-state index in [0.29, 0.717) is 12.4 Å². The number of benzene rings is 1. The molecule has 5 nitrogen and oxygen atoms in total. The Morgan fingerprint density at radius 3 is 2.95 bits per heavy atom. The summed E-state index contributed by atoms with van der Waals surface area (Å²) in [6, 6.07) is 9.26. The van der Waals surface area contributed by atoms with Crippen LogP contribution in [0.2, 0.25) is 0 Å². The van der Waals surface area contributed by atoms with E-state index < -0.39 is 5.97 Å². The number of aromatic nitrogens is 1. The van der Waals surface area contributed by atoms with Gasteiger partial charge in [-0.25, -0.2) is 9.78 Å². The molecule has 1 aliphatic heterocycles. The molecule has 1 unspecified atom stereocenters. The van der Waals surface area contributed by atoms with Crippen molar-refractivity contribution in [2.24, 2.45) is 0 Å². The minimum absolute atomic E-state index is 0.0523. The molecule has 2 aromatic rings. The van der Waals surface area contributed by atoms with Gasteiger partial charge in [-0.15, -0.1) is 0 Å². The van der Waals surface area contributed by atoms with E-state index in [1.165, 1.54) is 0 Å². The number of nitrogens with zero attached hydrogens (tertiary/aromatic N) is 1. The average molecular weight is 286 g/mol. The Labute approximate surface area is 123 Å². The van der Waals surface area contributed by atoms with Gasteiger partial charge in [0.2, 0.25) is 0 Å². The maximum Gasteiger partial charge on any atom is 0.354 e. The predicted octanol–water partition coefficient (Wildman–Crippen LogP) is 2.91. The van der Waals surface area contributed by atoms with Crippen molar-refractivity contribution in [1.29, 1.82) is 0 Å². The van der Waals surface area contributed by atoms with Crippen molar-refractivity contribution in [3.8, 4) is 0 Å². The smallest absolute Gasteiger partial charge is 0.354 e. The third kappa shape index (κ3) is 2.83. The van der Waals surface area contributed by atoms with Crippen molar-refractivity contribution in [2.45, 2.75) is 25.3 Å². The molecule has 0 bridgehead atoms. The number of carboxylic acids is 1. The number of anilines is 1. The van der Waals surface area contributed by atoms with Gasteiger partial charge in [0.1, 0.15) is 5.82 Å². The molecule has 0 spiro atoms. The number of hydrogen-bond donors (Lipinski definition) is 2. The summed E-state index contributed by atoms with van der Waals surface area (Å²) >= 11 is 0.